The van der Waals surface area contributed by atoms with Gasteiger partial charge in [0.15, 0.2) is 0 Å². The van der Waals surface area contributed by atoms with Gasteiger partial charge in [0.1, 0.15) is 5.82 Å². The minimum atomic E-state index is -5.86. The van der Waals surface area contributed by atoms with E-state index in [1.807, 2.05) is 6.20 Å². The second-order valence-corrected chi connectivity index (χ2v) is 6.82. The average Bonchev–Trinajstić information content (AvgIpc) is 2.62. The van der Waals surface area contributed by atoms with Crippen LogP contribution in [0.3, 0.4) is 0 Å². The molecule has 0 fully saturated rings. The van der Waals surface area contributed by atoms with Crippen molar-refractivity contribution in [3.8, 4) is 0 Å². The van der Waals surface area contributed by atoms with Gasteiger partial charge in [-0.3, -0.25) is 0 Å². The van der Waals surface area contributed by atoms with Gasteiger partial charge in [0, 0.05) is 18.9 Å². The van der Waals surface area contributed by atoms with E-state index in [1.165, 1.54) is 32.1 Å². The number of nitrogens with zero attached hydrogens (tertiary/aromatic N) is 2. The standard InChI is InChI=1S/C11H20N2.H2O.3O.Re/c1-3-4-5-6-7-9-13-10-8-12-11(13)2;;;;;/h8,10H,3-7,9H2,1-2H3;1H2;;;;/q;;;;;+1/p-1. The van der Waals surface area contributed by atoms with Gasteiger partial charge >= 0.3 is 30.0 Å². The van der Waals surface area contributed by atoms with E-state index in [1.54, 1.807) is 0 Å². The molecule has 0 aliphatic heterocycles. The van der Waals surface area contributed by atoms with Crippen molar-refractivity contribution in [2.75, 3.05) is 0 Å². The molecule has 18 heavy (non-hydrogen) atoms. The van der Waals surface area contributed by atoms with E-state index in [4.69, 9.17) is 14.2 Å². The van der Waals surface area contributed by atoms with Crippen molar-refractivity contribution in [3.63, 3.8) is 0 Å². The Bertz CT molecular complexity index is 460. The Labute approximate surface area is 110 Å². The van der Waals surface area contributed by atoms with Gasteiger partial charge in [-0.1, -0.05) is 32.6 Å². The molecule has 0 radical (unpaired) electrons. The van der Waals surface area contributed by atoms with Crippen LogP contribution in [0.2, 0.25) is 0 Å². The van der Waals surface area contributed by atoms with Crippen LogP contribution in [0.4, 0.5) is 0 Å². The van der Waals surface area contributed by atoms with Crippen LogP contribution < -0.4 is 0 Å². The molecular weight excluding hydrogens is 410 g/mol. The van der Waals surface area contributed by atoms with Gasteiger partial charge in [-0.2, -0.15) is 0 Å². The zero-order chi connectivity index (χ0) is 14.0. The zero-order valence-electron chi connectivity index (χ0n) is 10.8. The summed E-state index contributed by atoms with van der Waals surface area (Å²) in [6.07, 6.45) is 10.7. The monoisotopic (exact) mass is 432 g/mol. The average molecular weight is 432 g/mol. The first-order valence-corrected chi connectivity index (χ1v) is 10.5. The van der Waals surface area contributed by atoms with Crippen LogP contribution >= 0.6 is 0 Å². The number of aryl methyl sites for hydroxylation is 2. The summed E-state index contributed by atoms with van der Waals surface area (Å²) in [5, 5.41) is 0. The van der Waals surface area contributed by atoms with Crippen LogP contribution in [-0.4, -0.2) is 13.4 Å². The zero-order valence-corrected chi connectivity index (χ0v) is 13.6. The number of imidazole rings is 1. The van der Waals surface area contributed by atoms with E-state index in [-0.39, 0.29) is 0 Å². The minimum absolute atomic E-state index is 1.13. The molecule has 1 N–H and O–H groups in total. The van der Waals surface area contributed by atoms with Crippen LogP contribution in [-0.2, 0) is 32.7 Å². The van der Waals surface area contributed by atoms with Crippen LogP contribution in [0.1, 0.15) is 44.9 Å². The van der Waals surface area contributed by atoms with Crippen molar-refractivity contribution in [2.24, 2.45) is 0 Å². The van der Waals surface area contributed by atoms with Crippen LogP contribution in [0.5, 0.6) is 0 Å². The summed E-state index contributed by atoms with van der Waals surface area (Å²) in [5.74, 6) is 1.13. The summed E-state index contributed by atoms with van der Waals surface area (Å²) in [7, 11) is 0. The summed E-state index contributed by atoms with van der Waals surface area (Å²) < 4.78 is 35.5. The molecule has 1 heterocycles. The van der Waals surface area contributed by atoms with Crippen molar-refractivity contribution >= 4 is 0 Å². The normalized spacial score (nSPS) is 10.8. The summed E-state index contributed by atoms with van der Waals surface area (Å²) in [4.78, 5) is 4.19. The fourth-order valence-corrected chi connectivity index (χ4v) is 1.53. The Hall–Kier alpha value is -0.768. The van der Waals surface area contributed by atoms with Crippen molar-refractivity contribution in [1.82, 2.24) is 9.55 Å². The van der Waals surface area contributed by atoms with Gasteiger partial charge in [-0.25, -0.2) is 4.98 Å². The Morgan fingerprint density at radius 1 is 1.22 bits per heavy atom. The molecule has 1 rings (SSSR count). The van der Waals surface area contributed by atoms with Gasteiger partial charge in [0.25, 0.3) is 0 Å². The molecule has 0 unspecified atom stereocenters. The van der Waals surface area contributed by atoms with E-state index in [2.05, 4.69) is 29.6 Å². The third-order valence-corrected chi connectivity index (χ3v) is 2.43. The molecular formula is C11H21N2O4Re. The number of unbranched alkanes of at least 4 members (excludes halogenated alkanes) is 4. The Balaban J connectivity index is 0.000000494. The number of hydrogen-bond acceptors (Lipinski definition) is 4. The number of aromatic nitrogens is 2. The van der Waals surface area contributed by atoms with Crippen LogP contribution in [0.25, 0.3) is 0 Å². The second-order valence-electron chi connectivity index (χ2n) is 3.98. The maximum atomic E-state index is 8.75. The second kappa shape index (κ2) is 9.20. The first-order valence-electron chi connectivity index (χ1n) is 5.95. The Morgan fingerprint density at radius 3 is 2.22 bits per heavy atom. The molecule has 0 aliphatic carbocycles. The van der Waals surface area contributed by atoms with Crippen molar-refractivity contribution in [1.29, 1.82) is 0 Å². The number of hydrogen-bond donors (Lipinski definition) is 1. The Kier molecular flexibility index (Phi) is 8.81. The molecule has 0 bridgehead atoms. The summed E-state index contributed by atoms with van der Waals surface area (Å²) in [5.41, 5.74) is 0. The predicted octanol–water partition coefficient (Wildman–Crippen LogP) is 2.25. The molecule has 6 nitrogen and oxygen atoms in total. The molecule has 0 aromatic carbocycles. The molecule has 0 amide bonds. The first kappa shape index (κ1) is 17.2. The van der Waals surface area contributed by atoms with Gasteiger partial charge in [0.05, 0.1) is 0 Å². The predicted molar refractivity (Wildman–Crippen MR) is 60.0 cm³/mol. The fraction of sp³-hybridized carbons (Fsp3) is 0.727. The van der Waals surface area contributed by atoms with Gasteiger partial charge in [-0.05, 0) is 13.3 Å². The van der Waals surface area contributed by atoms with Crippen molar-refractivity contribution in [2.45, 2.75) is 52.5 Å². The molecule has 0 aliphatic rings. The quantitative estimate of drug-likeness (QED) is 0.698. The van der Waals surface area contributed by atoms with Crippen molar-refractivity contribution in [3.05, 3.63) is 18.2 Å². The van der Waals surface area contributed by atoms with E-state index in [0.29, 0.717) is 0 Å². The topological polar surface area (TPSA) is 89.3 Å². The summed E-state index contributed by atoms with van der Waals surface area (Å²) in [6, 6.07) is 0. The number of rotatable bonds is 6. The molecule has 7 heteroatoms. The van der Waals surface area contributed by atoms with Gasteiger partial charge in [-0.15, -0.1) is 0 Å². The third kappa shape index (κ3) is 11.7. The third-order valence-electron chi connectivity index (χ3n) is 2.43. The summed E-state index contributed by atoms with van der Waals surface area (Å²) >= 11 is -5.86. The maximum absolute atomic E-state index is 8.75. The van der Waals surface area contributed by atoms with Gasteiger partial charge in [0.2, 0.25) is 0 Å². The molecule has 1 aromatic rings. The van der Waals surface area contributed by atoms with E-state index < -0.39 is 15.8 Å². The molecule has 0 spiro atoms. The van der Waals surface area contributed by atoms with Crippen LogP contribution in [0.15, 0.2) is 12.4 Å². The van der Waals surface area contributed by atoms with Gasteiger partial charge < -0.3 is 4.57 Å². The van der Waals surface area contributed by atoms with E-state index in [9.17, 15) is 0 Å². The van der Waals surface area contributed by atoms with Crippen LogP contribution in [0, 0.1) is 6.92 Å². The van der Waals surface area contributed by atoms with E-state index >= 15 is 0 Å². The van der Waals surface area contributed by atoms with Crippen molar-refractivity contribution < 1.29 is 30.0 Å². The fourth-order valence-electron chi connectivity index (χ4n) is 1.53. The van der Waals surface area contributed by atoms with E-state index in [0.717, 1.165) is 12.4 Å². The Morgan fingerprint density at radius 2 is 1.78 bits per heavy atom. The molecule has 0 saturated carbocycles. The first-order chi connectivity index (χ1) is 8.34. The molecule has 0 atom stereocenters. The molecule has 1 aromatic heterocycles. The SMILES string of the molecule is CCCCCCCn1ccnc1C.[O]=[Re](=[O])(=[O])[OH]. The molecule has 0 saturated heterocycles. The summed E-state index contributed by atoms with van der Waals surface area (Å²) in [6.45, 7) is 5.45. The molecule has 106 valence electrons.